The number of rotatable bonds is 2. The van der Waals surface area contributed by atoms with Crippen molar-refractivity contribution in [2.24, 2.45) is 11.3 Å². The summed E-state index contributed by atoms with van der Waals surface area (Å²) in [7, 11) is -2.20. The first-order valence-electron chi connectivity index (χ1n) is 4.87. The zero-order valence-electron chi connectivity index (χ0n) is 9.15. The lowest BCUT2D eigenvalue weighted by atomic mass is 9.92. The van der Waals surface area contributed by atoms with Crippen LogP contribution < -0.4 is 5.32 Å². The molecule has 2 N–H and O–H groups in total. The smallest absolute Gasteiger partial charge is 0.362 e. The van der Waals surface area contributed by atoms with Crippen LogP contribution in [0.15, 0.2) is 0 Å². The normalized spacial score (nSPS) is 33.1. The van der Waals surface area contributed by atoms with Gasteiger partial charge in [-0.05, 0) is 10.5 Å². The Morgan fingerprint density at radius 2 is 2.14 bits per heavy atom. The molecule has 0 amide bonds. The van der Waals surface area contributed by atoms with E-state index in [1.54, 1.807) is 0 Å². The van der Waals surface area contributed by atoms with Crippen LogP contribution in [0.2, 0.25) is 0 Å². The highest BCUT2D eigenvalue weighted by atomic mass is 31.1. The van der Waals surface area contributed by atoms with E-state index < -0.39 is 8.03 Å². The van der Waals surface area contributed by atoms with E-state index in [1.807, 2.05) is 27.7 Å². The third kappa shape index (κ3) is 2.51. The van der Waals surface area contributed by atoms with Crippen LogP contribution in [-0.2, 0) is 9.30 Å². The van der Waals surface area contributed by atoms with Gasteiger partial charge < -0.3 is 4.74 Å². The molecule has 1 heterocycles. The maximum Gasteiger partial charge on any atom is 0.525 e. The Labute approximate surface area is 85.9 Å². The van der Waals surface area contributed by atoms with E-state index in [0.717, 1.165) is 0 Å². The summed E-state index contributed by atoms with van der Waals surface area (Å²) in [4.78, 5) is 9.20. The van der Waals surface area contributed by atoms with Gasteiger partial charge in [-0.3, -0.25) is 0 Å². The van der Waals surface area contributed by atoms with Crippen LogP contribution in [0, 0.1) is 11.3 Å². The summed E-state index contributed by atoms with van der Waals surface area (Å²) in [6.07, 6.45) is -0.112. The van der Waals surface area contributed by atoms with Gasteiger partial charge in [-0.2, -0.15) is 4.89 Å². The molecule has 1 fully saturated rings. The molecule has 14 heavy (non-hydrogen) atoms. The molecule has 4 nitrogen and oxygen atoms in total. The van der Waals surface area contributed by atoms with Gasteiger partial charge in [0.2, 0.25) is 5.78 Å². The molecule has 82 valence electrons. The van der Waals surface area contributed by atoms with Crippen molar-refractivity contribution in [3.05, 3.63) is 0 Å². The number of nitrogens with one attached hydrogen (secondary N) is 1. The van der Waals surface area contributed by atoms with Gasteiger partial charge in [0.15, 0.2) is 0 Å². The molecule has 0 radical (unpaired) electrons. The molecule has 0 spiro atoms. The molecule has 3 unspecified atom stereocenters. The van der Waals surface area contributed by atoms with Crippen LogP contribution in [0.1, 0.15) is 27.7 Å². The van der Waals surface area contributed by atoms with Crippen molar-refractivity contribution in [3.8, 4) is 0 Å². The number of hydrogen-bond acceptors (Lipinski definition) is 3. The fraction of sp³-hybridized carbons (Fsp3) is 1.00. The summed E-state index contributed by atoms with van der Waals surface area (Å²) in [5, 5.41) is 3.09. The maximum atomic E-state index is 11.2. The van der Waals surface area contributed by atoms with Crippen LogP contribution >= 0.6 is 8.03 Å². The van der Waals surface area contributed by atoms with Crippen LogP contribution in [-0.4, -0.2) is 23.5 Å². The summed E-state index contributed by atoms with van der Waals surface area (Å²) in [6.45, 7) is 8.44. The van der Waals surface area contributed by atoms with E-state index in [0.29, 0.717) is 12.5 Å². The molecule has 0 bridgehead atoms. The lowest BCUT2D eigenvalue weighted by Crippen LogP contribution is -2.55. The highest BCUT2D eigenvalue weighted by Crippen LogP contribution is 2.39. The van der Waals surface area contributed by atoms with Gasteiger partial charge >= 0.3 is 8.03 Å². The Bertz CT molecular complexity index is 230. The van der Waals surface area contributed by atoms with Crippen LogP contribution in [0.4, 0.5) is 0 Å². The SMILES string of the molecule is CC(C)C1NC([P+](=O)O)C(C)(C)CO1. The summed E-state index contributed by atoms with van der Waals surface area (Å²) < 4.78 is 16.8. The van der Waals surface area contributed by atoms with Crippen molar-refractivity contribution in [3.63, 3.8) is 0 Å². The third-order valence-corrected chi connectivity index (χ3v) is 3.81. The van der Waals surface area contributed by atoms with Crippen molar-refractivity contribution >= 4 is 8.03 Å². The average molecular weight is 220 g/mol. The predicted octanol–water partition coefficient (Wildman–Crippen LogP) is 1.68. The van der Waals surface area contributed by atoms with Crippen molar-refractivity contribution in [1.29, 1.82) is 0 Å². The molecular formula is C9H19NO3P+. The van der Waals surface area contributed by atoms with Gasteiger partial charge in [0, 0.05) is 0 Å². The summed E-state index contributed by atoms with van der Waals surface area (Å²) >= 11 is 0. The van der Waals surface area contributed by atoms with Crippen molar-refractivity contribution < 1.29 is 14.2 Å². The Morgan fingerprint density at radius 3 is 2.57 bits per heavy atom. The van der Waals surface area contributed by atoms with Gasteiger partial charge in [0.05, 0.1) is 12.0 Å². The number of hydrogen-bond donors (Lipinski definition) is 2. The maximum absolute atomic E-state index is 11.2. The predicted molar refractivity (Wildman–Crippen MR) is 55.1 cm³/mol. The quantitative estimate of drug-likeness (QED) is 0.695. The Kier molecular flexibility index (Phi) is 3.64. The topological polar surface area (TPSA) is 58.6 Å². The van der Waals surface area contributed by atoms with Crippen LogP contribution in [0.25, 0.3) is 0 Å². The van der Waals surface area contributed by atoms with E-state index in [9.17, 15) is 9.46 Å². The second-order valence-electron chi connectivity index (χ2n) is 4.84. The highest BCUT2D eigenvalue weighted by Gasteiger charge is 2.49. The van der Waals surface area contributed by atoms with Crippen LogP contribution in [0.5, 0.6) is 0 Å². The van der Waals surface area contributed by atoms with Gasteiger partial charge in [0.1, 0.15) is 6.23 Å². The highest BCUT2D eigenvalue weighted by molar-refractivity contribution is 7.38. The lowest BCUT2D eigenvalue weighted by Gasteiger charge is -2.37. The molecular weight excluding hydrogens is 201 g/mol. The van der Waals surface area contributed by atoms with E-state index in [2.05, 4.69) is 5.32 Å². The molecule has 0 aliphatic carbocycles. The molecule has 0 aromatic carbocycles. The molecule has 0 aromatic rings. The monoisotopic (exact) mass is 220 g/mol. The number of ether oxygens (including phenoxy) is 1. The average Bonchev–Trinajstić information content (AvgIpc) is 2.02. The van der Waals surface area contributed by atoms with Crippen molar-refractivity contribution in [2.45, 2.75) is 39.7 Å². The summed E-state index contributed by atoms with van der Waals surface area (Å²) in [5.74, 6) is -0.0674. The summed E-state index contributed by atoms with van der Waals surface area (Å²) in [6, 6.07) is 0. The molecule has 0 aromatic heterocycles. The van der Waals surface area contributed by atoms with E-state index >= 15 is 0 Å². The van der Waals surface area contributed by atoms with Gasteiger partial charge in [-0.25, -0.2) is 5.32 Å². The third-order valence-electron chi connectivity index (χ3n) is 2.52. The largest absolute Gasteiger partial charge is 0.525 e. The fourth-order valence-corrected chi connectivity index (χ4v) is 2.51. The second kappa shape index (κ2) is 4.23. The molecule has 1 aliphatic rings. The molecule has 1 saturated heterocycles. The molecule has 0 saturated carbocycles. The zero-order valence-corrected chi connectivity index (χ0v) is 10.0. The Morgan fingerprint density at radius 1 is 1.57 bits per heavy atom. The van der Waals surface area contributed by atoms with Gasteiger partial charge in [-0.1, -0.05) is 27.7 Å². The molecule has 5 heteroatoms. The second-order valence-corrected chi connectivity index (χ2v) is 5.96. The fourth-order valence-electron chi connectivity index (χ4n) is 1.56. The van der Waals surface area contributed by atoms with Gasteiger partial charge in [0.25, 0.3) is 0 Å². The van der Waals surface area contributed by atoms with E-state index in [1.165, 1.54) is 0 Å². The minimum absolute atomic E-state index is 0.112. The van der Waals surface area contributed by atoms with Crippen molar-refractivity contribution in [1.82, 2.24) is 5.32 Å². The van der Waals surface area contributed by atoms with Gasteiger partial charge in [-0.15, -0.1) is 0 Å². The molecule has 3 atom stereocenters. The first-order valence-corrected chi connectivity index (χ1v) is 6.15. The molecule has 1 aliphatic heterocycles. The van der Waals surface area contributed by atoms with E-state index in [4.69, 9.17) is 4.74 Å². The minimum Gasteiger partial charge on any atom is -0.362 e. The Balaban J connectivity index is 2.73. The van der Waals surface area contributed by atoms with Crippen LogP contribution in [0.3, 0.4) is 0 Å². The first-order chi connectivity index (χ1) is 6.34. The standard InChI is InChI=1S/C9H18NO3P/c1-6(2)7-10-8(14(11)12)9(3,4)5-13-7/h6-8,10H,5H2,1-4H3/p+1. The summed E-state index contributed by atoms with van der Waals surface area (Å²) in [5.41, 5.74) is -0.284. The lowest BCUT2D eigenvalue weighted by molar-refractivity contribution is -0.0881. The van der Waals surface area contributed by atoms with E-state index in [-0.39, 0.29) is 17.4 Å². The first kappa shape index (κ1) is 12.1. The Hall–Kier alpha value is -0.0200. The zero-order chi connectivity index (χ0) is 10.9. The minimum atomic E-state index is -2.20. The molecule has 1 rings (SSSR count). The van der Waals surface area contributed by atoms with Crippen molar-refractivity contribution in [2.75, 3.05) is 6.61 Å².